The van der Waals surface area contributed by atoms with Crippen LogP contribution in [0, 0.1) is 0 Å². The van der Waals surface area contributed by atoms with E-state index in [0.29, 0.717) is 16.4 Å². The monoisotopic (exact) mass is 475 g/mol. The average Bonchev–Trinajstić information content (AvgIpc) is 3.03. The average molecular weight is 476 g/mol. The summed E-state index contributed by atoms with van der Waals surface area (Å²) in [5.41, 5.74) is 3.06. The van der Waals surface area contributed by atoms with Crippen molar-refractivity contribution in [2.75, 3.05) is 17.2 Å². The number of hydrogen-bond acceptors (Lipinski definition) is 6. The number of carbonyl (C=O) groups excluding carboxylic acids is 1. The fraction of sp³-hybridized carbons (Fsp3) is 0.375. The van der Waals surface area contributed by atoms with E-state index < -0.39 is 42.7 Å². The number of aliphatic hydroxyl groups excluding tert-OH is 3. The number of allylic oxidation sites excluding steroid dienone is 1. The molecule has 0 aromatic heterocycles. The van der Waals surface area contributed by atoms with Gasteiger partial charge in [-0.2, -0.15) is 0 Å². The minimum Gasteiger partial charge on any atom is -0.394 e. The van der Waals surface area contributed by atoms with Gasteiger partial charge < -0.3 is 36.0 Å². The predicted molar refractivity (Wildman–Crippen MR) is 129 cm³/mol. The molecule has 9 heteroatoms. The number of benzene rings is 2. The summed E-state index contributed by atoms with van der Waals surface area (Å²) in [6.07, 6.45) is -4.37. The second-order valence-corrected chi connectivity index (χ2v) is 9.07. The summed E-state index contributed by atoms with van der Waals surface area (Å²) in [5, 5.41) is 38.3. The van der Waals surface area contributed by atoms with E-state index >= 15 is 0 Å². The standard InChI is InChI=1S/C24H30ClN3O5/c1-13(2)14-6-5-7-15(10-14)24(3,4)28-23(32)26-16-8-9-17(25)18(11-16)27-22-21(31)20(30)19(12-29)33-22/h5-11,19-22,27,29-31H,1,12H2,2-4H3,(H2,26,28,32). The summed E-state index contributed by atoms with van der Waals surface area (Å²) < 4.78 is 5.43. The second kappa shape index (κ2) is 10.1. The van der Waals surface area contributed by atoms with Gasteiger partial charge in [-0.15, -0.1) is 0 Å². The molecular weight excluding hydrogens is 446 g/mol. The highest BCUT2D eigenvalue weighted by Crippen LogP contribution is 2.30. The highest BCUT2D eigenvalue weighted by Gasteiger charge is 2.42. The SMILES string of the molecule is C=C(C)c1cccc(C(C)(C)NC(=O)Nc2ccc(Cl)c(NC3OC(CO)C(O)C3O)c2)c1. The van der Waals surface area contributed by atoms with Crippen molar-refractivity contribution in [2.45, 2.75) is 50.8 Å². The molecule has 2 aromatic rings. The van der Waals surface area contributed by atoms with E-state index in [1.807, 2.05) is 45.0 Å². The van der Waals surface area contributed by atoms with Crippen LogP contribution in [0.5, 0.6) is 0 Å². The molecule has 2 amide bonds. The van der Waals surface area contributed by atoms with E-state index in [2.05, 4.69) is 22.5 Å². The van der Waals surface area contributed by atoms with Crippen molar-refractivity contribution in [3.8, 4) is 0 Å². The van der Waals surface area contributed by atoms with Crippen molar-refractivity contribution in [1.29, 1.82) is 0 Å². The molecule has 3 rings (SSSR count). The van der Waals surface area contributed by atoms with Gasteiger partial charge in [-0.05, 0) is 56.2 Å². The van der Waals surface area contributed by atoms with Gasteiger partial charge in [-0.1, -0.05) is 42.0 Å². The van der Waals surface area contributed by atoms with E-state index in [9.17, 15) is 20.1 Å². The van der Waals surface area contributed by atoms with E-state index in [1.54, 1.807) is 18.2 Å². The fourth-order valence-electron chi connectivity index (χ4n) is 3.58. The first-order valence-electron chi connectivity index (χ1n) is 10.6. The maximum Gasteiger partial charge on any atom is 0.319 e. The van der Waals surface area contributed by atoms with E-state index in [4.69, 9.17) is 16.3 Å². The number of anilines is 2. The van der Waals surface area contributed by atoms with Gasteiger partial charge in [0.05, 0.1) is 22.9 Å². The summed E-state index contributed by atoms with van der Waals surface area (Å²) >= 11 is 6.25. The fourth-order valence-corrected chi connectivity index (χ4v) is 3.75. The lowest BCUT2D eigenvalue weighted by Crippen LogP contribution is -2.43. The highest BCUT2D eigenvalue weighted by atomic mass is 35.5. The van der Waals surface area contributed by atoms with Gasteiger partial charge in [0.25, 0.3) is 0 Å². The van der Waals surface area contributed by atoms with Gasteiger partial charge in [-0.25, -0.2) is 4.79 Å². The summed E-state index contributed by atoms with van der Waals surface area (Å²) in [5.74, 6) is 0. The first-order valence-corrected chi connectivity index (χ1v) is 10.9. The van der Waals surface area contributed by atoms with Gasteiger partial charge in [0.15, 0.2) is 6.23 Å². The Balaban J connectivity index is 1.69. The van der Waals surface area contributed by atoms with Crippen LogP contribution in [-0.2, 0) is 10.3 Å². The lowest BCUT2D eigenvalue weighted by Gasteiger charge is -2.27. The van der Waals surface area contributed by atoms with Crippen molar-refractivity contribution in [2.24, 2.45) is 0 Å². The van der Waals surface area contributed by atoms with Gasteiger partial charge in [-0.3, -0.25) is 0 Å². The molecule has 1 saturated heterocycles. The second-order valence-electron chi connectivity index (χ2n) is 8.66. The topological polar surface area (TPSA) is 123 Å². The Morgan fingerprint density at radius 2 is 1.91 bits per heavy atom. The molecular formula is C24H30ClN3O5. The van der Waals surface area contributed by atoms with Crippen LogP contribution in [0.4, 0.5) is 16.2 Å². The molecule has 0 aliphatic carbocycles. The smallest absolute Gasteiger partial charge is 0.319 e. The summed E-state index contributed by atoms with van der Waals surface area (Å²) in [6, 6.07) is 12.2. The molecule has 4 unspecified atom stereocenters. The number of rotatable bonds is 7. The quantitative estimate of drug-likeness (QED) is 0.365. The van der Waals surface area contributed by atoms with Crippen LogP contribution in [0.1, 0.15) is 31.9 Å². The predicted octanol–water partition coefficient (Wildman–Crippen LogP) is 3.28. The van der Waals surface area contributed by atoms with Crippen LogP contribution in [0.2, 0.25) is 5.02 Å². The molecule has 1 aliphatic heterocycles. The molecule has 0 spiro atoms. The minimum atomic E-state index is -1.26. The van der Waals surface area contributed by atoms with Crippen LogP contribution >= 0.6 is 11.6 Å². The maximum atomic E-state index is 12.7. The van der Waals surface area contributed by atoms with E-state index in [1.165, 1.54) is 0 Å². The van der Waals surface area contributed by atoms with Crippen LogP contribution in [0.3, 0.4) is 0 Å². The van der Waals surface area contributed by atoms with Crippen molar-refractivity contribution in [3.05, 3.63) is 65.2 Å². The van der Waals surface area contributed by atoms with Crippen LogP contribution < -0.4 is 16.0 Å². The van der Waals surface area contributed by atoms with Crippen molar-refractivity contribution in [1.82, 2.24) is 5.32 Å². The number of aliphatic hydroxyl groups is 3. The highest BCUT2D eigenvalue weighted by molar-refractivity contribution is 6.33. The number of carbonyl (C=O) groups is 1. The van der Waals surface area contributed by atoms with Crippen molar-refractivity contribution >= 4 is 34.6 Å². The molecule has 6 N–H and O–H groups in total. The first-order chi connectivity index (χ1) is 15.5. The molecule has 33 heavy (non-hydrogen) atoms. The number of urea groups is 1. The van der Waals surface area contributed by atoms with Crippen LogP contribution in [0.15, 0.2) is 49.0 Å². The number of halogens is 1. The molecule has 1 aliphatic rings. The normalized spacial score (nSPS) is 22.6. The third-order valence-electron chi connectivity index (χ3n) is 5.57. The number of amides is 2. The molecule has 0 radical (unpaired) electrons. The van der Waals surface area contributed by atoms with Crippen LogP contribution in [-0.4, -0.2) is 52.5 Å². The number of ether oxygens (including phenoxy) is 1. The van der Waals surface area contributed by atoms with Gasteiger partial charge >= 0.3 is 6.03 Å². The summed E-state index contributed by atoms with van der Waals surface area (Å²) in [6.45, 7) is 9.27. The molecule has 0 bridgehead atoms. The molecule has 8 nitrogen and oxygen atoms in total. The Hall–Kier alpha value is -2.62. The molecule has 0 saturated carbocycles. The first kappa shape index (κ1) is 25.0. The van der Waals surface area contributed by atoms with Crippen molar-refractivity contribution < 1.29 is 24.9 Å². The van der Waals surface area contributed by atoms with E-state index in [0.717, 1.165) is 16.7 Å². The molecule has 4 atom stereocenters. The Labute approximate surface area is 198 Å². The molecule has 1 heterocycles. The van der Waals surface area contributed by atoms with Gasteiger partial charge in [0, 0.05) is 5.69 Å². The van der Waals surface area contributed by atoms with E-state index in [-0.39, 0.29) is 0 Å². The van der Waals surface area contributed by atoms with Gasteiger partial charge in [0.1, 0.15) is 18.3 Å². The Bertz CT molecular complexity index is 1030. The summed E-state index contributed by atoms with van der Waals surface area (Å²) in [4.78, 5) is 12.7. The number of nitrogens with one attached hydrogen (secondary N) is 3. The lowest BCUT2D eigenvalue weighted by molar-refractivity contribution is -0.0153. The zero-order chi connectivity index (χ0) is 24.3. The number of hydrogen-bond donors (Lipinski definition) is 6. The third-order valence-corrected chi connectivity index (χ3v) is 5.90. The Morgan fingerprint density at radius 1 is 1.18 bits per heavy atom. The zero-order valence-electron chi connectivity index (χ0n) is 18.8. The minimum absolute atomic E-state index is 0.329. The van der Waals surface area contributed by atoms with Crippen molar-refractivity contribution in [3.63, 3.8) is 0 Å². The Kier molecular flexibility index (Phi) is 7.66. The zero-order valence-corrected chi connectivity index (χ0v) is 19.6. The maximum absolute atomic E-state index is 12.7. The molecule has 2 aromatic carbocycles. The Morgan fingerprint density at radius 3 is 2.55 bits per heavy atom. The lowest BCUT2D eigenvalue weighted by atomic mass is 9.92. The third kappa shape index (κ3) is 5.85. The van der Waals surface area contributed by atoms with Crippen LogP contribution in [0.25, 0.3) is 5.57 Å². The molecule has 1 fully saturated rings. The van der Waals surface area contributed by atoms with Gasteiger partial charge in [0.2, 0.25) is 0 Å². The summed E-state index contributed by atoms with van der Waals surface area (Å²) in [7, 11) is 0. The molecule has 178 valence electrons. The largest absolute Gasteiger partial charge is 0.394 e.